The normalized spacial score (nSPS) is 10.3. The van der Waals surface area contributed by atoms with E-state index in [1.54, 1.807) is 43.3 Å². The summed E-state index contributed by atoms with van der Waals surface area (Å²) in [6, 6.07) is 4.87. The van der Waals surface area contributed by atoms with Gasteiger partial charge in [0.1, 0.15) is 11.5 Å². The number of urea groups is 1. The van der Waals surface area contributed by atoms with Gasteiger partial charge in [-0.15, -0.1) is 0 Å². The Morgan fingerprint density at radius 3 is 2.74 bits per heavy atom. The fourth-order valence-corrected chi connectivity index (χ4v) is 2.57. The Morgan fingerprint density at radius 2 is 2.13 bits per heavy atom. The molecule has 2 rings (SSSR count). The Balaban J connectivity index is 1.98. The number of thioether (sulfide) groups is 1. The molecule has 2 amide bonds. The van der Waals surface area contributed by atoms with Gasteiger partial charge in [-0.05, 0) is 18.4 Å². The van der Waals surface area contributed by atoms with E-state index in [4.69, 9.17) is 9.47 Å². The molecule has 0 fully saturated rings. The van der Waals surface area contributed by atoms with Gasteiger partial charge >= 0.3 is 6.03 Å². The molecule has 0 unspecified atom stereocenters. The van der Waals surface area contributed by atoms with Crippen LogP contribution in [0.1, 0.15) is 5.69 Å². The first kappa shape index (κ1) is 17.0. The van der Waals surface area contributed by atoms with Crippen LogP contribution < -0.4 is 20.1 Å². The maximum absolute atomic E-state index is 12.1. The lowest BCUT2D eigenvalue weighted by Crippen LogP contribution is -2.29. The Kier molecular flexibility index (Phi) is 5.75. The van der Waals surface area contributed by atoms with E-state index in [2.05, 4.69) is 15.6 Å². The van der Waals surface area contributed by atoms with Crippen molar-refractivity contribution < 1.29 is 14.3 Å². The fourth-order valence-electron chi connectivity index (χ4n) is 2.02. The van der Waals surface area contributed by atoms with Gasteiger partial charge < -0.3 is 24.7 Å². The fraction of sp³-hybridized carbons (Fsp3) is 0.333. The van der Waals surface area contributed by atoms with E-state index in [0.717, 1.165) is 10.9 Å². The van der Waals surface area contributed by atoms with Crippen LogP contribution in [-0.4, -0.2) is 36.1 Å². The van der Waals surface area contributed by atoms with Crippen molar-refractivity contribution >= 4 is 23.5 Å². The number of hydrogen-bond donors (Lipinski definition) is 2. The van der Waals surface area contributed by atoms with Crippen molar-refractivity contribution in [3.05, 3.63) is 30.1 Å². The highest BCUT2D eigenvalue weighted by atomic mass is 32.2. The van der Waals surface area contributed by atoms with E-state index in [-0.39, 0.29) is 6.03 Å². The van der Waals surface area contributed by atoms with Gasteiger partial charge in [-0.1, -0.05) is 11.8 Å². The minimum absolute atomic E-state index is 0.319. The van der Waals surface area contributed by atoms with Crippen molar-refractivity contribution in [2.75, 3.05) is 25.8 Å². The van der Waals surface area contributed by atoms with Gasteiger partial charge in [-0.25, -0.2) is 9.78 Å². The van der Waals surface area contributed by atoms with Gasteiger partial charge in [-0.3, -0.25) is 0 Å². The van der Waals surface area contributed by atoms with Crippen LogP contribution in [0.3, 0.4) is 0 Å². The monoisotopic (exact) mass is 336 g/mol. The van der Waals surface area contributed by atoms with Gasteiger partial charge in [-0.2, -0.15) is 0 Å². The van der Waals surface area contributed by atoms with Crippen molar-refractivity contribution in [3.8, 4) is 11.5 Å². The van der Waals surface area contributed by atoms with Crippen LogP contribution in [0.4, 0.5) is 10.5 Å². The molecule has 1 aromatic carbocycles. The summed E-state index contributed by atoms with van der Waals surface area (Å²) in [7, 11) is 5.03. The molecular formula is C15H20N4O3S. The van der Waals surface area contributed by atoms with Crippen molar-refractivity contribution in [3.63, 3.8) is 0 Å². The molecule has 0 bridgehead atoms. The third-order valence-electron chi connectivity index (χ3n) is 3.31. The van der Waals surface area contributed by atoms with Gasteiger partial charge in [0.2, 0.25) is 0 Å². The number of carbonyl (C=O) groups is 1. The van der Waals surface area contributed by atoms with Crippen molar-refractivity contribution in [1.82, 2.24) is 14.9 Å². The third kappa shape index (κ3) is 4.10. The van der Waals surface area contributed by atoms with E-state index in [1.807, 2.05) is 17.9 Å². The number of carbonyl (C=O) groups excluding carboxylic acids is 1. The molecule has 0 saturated carbocycles. The summed E-state index contributed by atoms with van der Waals surface area (Å²) in [6.07, 6.45) is 3.71. The zero-order chi connectivity index (χ0) is 16.8. The molecule has 0 aliphatic rings. The second kappa shape index (κ2) is 7.77. The summed E-state index contributed by atoms with van der Waals surface area (Å²) >= 11 is 1.56. The standard InChI is InChI=1S/C15H20N4O3S/c1-19-10(9-17-15(19)23-4)8-16-14(20)18-12-6-5-11(21-2)7-13(12)22-3/h5-7,9H,8H2,1-4H3,(H2,16,18,20). The molecule has 23 heavy (non-hydrogen) atoms. The van der Waals surface area contributed by atoms with Gasteiger partial charge in [0, 0.05) is 13.1 Å². The van der Waals surface area contributed by atoms with Crippen LogP contribution >= 0.6 is 11.8 Å². The minimum Gasteiger partial charge on any atom is -0.497 e. The van der Waals surface area contributed by atoms with Gasteiger partial charge in [0.15, 0.2) is 5.16 Å². The van der Waals surface area contributed by atoms with Gasteiger partial charge in [0.05, 0.1) is 38.3 Å². The second-order valence-corrected chi connectivity index (χ2v) is 5.44. The van der Waals surface area contributed by atoms with Crippen molar-refractivity contribution in [2.45, 2.75) is 11.7 Å². The molecule has 124 valence electrons. The molecule has 8 heteroatoms. The van der Waals surface area contributed by atoms with E-state index < -0.39 is 0 Å². The number of anilines is 1. The molecule has 2 aromatic rings. The summed E-state index contributed by atoms with van der Waals surface area (Å²) in [5.74, 6) is 1.19. The Morgan fingerprint density at radius 1 is 1.35 bits per heavy atom. The Hall–Kier alpha value is -2.35. The molecule has 7 nitrogen and oxygen atoms in total. The summed E-state index contributed by atoms with van der Waals surface area (Å²) in [6.45, 7) is 0.383. The number of imidazole rings is 1. The Bertz CT molecular complexity index is 687. The largest absolute Gasteiger partial charge is 0.497 e. The number of ether oxygens (including phenoxy) is 2. The summed E-state index contributed by atoms with van der Waals surface area (Å²) in [4.78, 5) is 16.3. The molecule has 1 aromatic heterocycles. The van der Waals surface area contributed by atoms with E-state index in [1.165, 1.54) is 7.11 Å². The maximum atomic E-state index is 12.1. The predicted octanol–water partition coefficient (Wildman–Crippen LogP) is 2.48. The lowest BCUT2D eigenvalue weighted by atomic mass is 10.2. The number of aromatic nitrogens is 2. The molecule has 1 heterocycles. The molecule has 0 saturated heterocycles. The van der Waals surface area contributed by atoms with Gasteiger partial charge in [0.25, 0.3) is 0 Å². The number of rotatable bonds is 6. The van der Waals surface area contributed by atoms with E-state index in [0.29, 0.717) is 23.7 Å². The number of hydrogen-bond acceptors (Lipinski definition) is 5. The zero-order valence-electron chi connectivity index (χ0n) is 13.5. The molecule has 0 aliphatic carbocycles. The highest BCUT2D eigenvalue weighted by molar-refractivity contribution is 7.98. The van der Waals surface area contributed by atoms with Crippen molar-refractivity contribution in [1.29, 1.82) is 0 Å². The highest BCUT2D eigenvalue weighted by Gasteiger charge is 2.10. The zero-order valence-corrected chi connectivity index (χ0v) is 14.4. The number of amides is 2. The molecule has 2 N–H and O–H groups in total. The summed E-state index contributed by atoms with van der Waals surface area (Å²) in [5.41, 5.74) is 1.49. The SMILES string of the molecule is COc1ccc(NC(=O)NCc2cnc(SC)n2C)c(OC)c1. The van der Waals surface area contributed by atoms with Crippen LogP contribution in [0.15, 0.2) is 29.6 Å². The van der Waals surface area contributed by atoms with E-state index >= 15 is 0 Å². The average Bonchev–Trinajstić information content (AvgIpc) is 2.93. The van der Waals surface area contributed by atoms with Crippen LogP contribution in [-0.2, 0) is 13.6 Å². The molecule has 0 spiro atoms. The van der Waals surface area contributed by atoms with Crippen LogP contribution in [0.5, 0.6) is 11.5 Å². The lowest BCUT2D eigenvalue weighted by Gasteiger charge is -2.12. The number of benzene rings is 1. The van der Waals surface area contributed by atoms with E-state index in [9.17, 15) is 4.79 Å². The third-order valence-corrected chi connectivity index (χ3v) is 4.06. The first-order valence-corrected chi connectivity index (χ1v) is 8.13. The average molecular weight is 336 g/mol. The quantitative estimate of drug-likeness (QED) is 0.793. The second-order valence-electron chi connectivity index (χ2n) is 4.67. The summed E-state index contributed by atoms with van der Waals surface area (Å²) < 4.78 is 12.3. The van der Waals surface area contributed by atoms with Crippen LogP contribution in [0, 0.1) is 0 Å². The lowest BCUT2D eigenvalue weighted by molar-refractivity contribution is 0.251. The summed E-state index contributed by atoms with van der Waals surface area (Å²) in [5, 5.41) is 6.46. The smallest absolute Gasteiger partial charge is 0.319 e. The molecular weight excluding hydrogens is 316 g/mol. The molecule has 0 radical (unpaired) electrons. The molecule has 0 atom stereocenters. The first-order chi connectivity index (χ1) is 11.1. The number of nitrogens with zero attached hydrogens (tertiary/aromatic N) is 2. The molecule has 0 aliphatic heterocycles. The first-order valence-electron chi connectivity index (χ1n) is 6.90. The topological polar surface area (TPSA) is 77.4 Å². The predicted molar refractivity (Wildman–Crippen MR) is 90.4 cm³/mol. The minimum atomic E-state index is -0.319. The Labute approximate surface area is 139 Å². The number of methoxy groups -OCH3 is 2. The highest BCUT2D eigenvalue weighted by Crippen LogP contribution is 2.28. The van der Waals surface area contributed by atoms with Crippen molar-refractivity contribution in [2.24, 2.45) is 7.05 Å². The van der Waals surface area contributed by atoms with Crippen LogP contribution in [0.2, 0.25) is 0 Å². The maximum Gasteiger partial charge on any atom is 0.319 e. The van der Waals surface area contributed by atoms with Crippen LogP contribution in [0.25, 0.3) is 0 Å². The number of nitrogens with one attached hydrogen (secondary N) is 2.